The summed E-state index contributed by atoms with van der Waals surface area (Å²) in [6, 6.07) is 3.94. The van der Waals surface area contributed by atoms with E-state index in [0.29, 0.717) is 5.69 Å². The van der Waals surface area contributed by atoms with E-state index in [1.165, 1.54) is 25.3 Å². The van der Waals surface area contributed by atoms with Crippen LogP contribution in [0.1, 0.15) is 30.1 Å². The van der Waals surface area contributed by atoms with Crippen LogP contribution >= 0.6 is 0 Å². The van der Waals surface area contributed by atoms with Gasteiger partial charge in [0.25, 0.3) is 0 Å². The van der Waals surface area contributed by atoms with Gasteiger partial charge in [0, 0.05) is 24.9 Å². The van der Waals surface area contributed by atoms with E-state index in [4.69, 9.17) is 4.74 Å². The van der Waals surface area contributed by atoms with Crippen LogP contribution in [0.2, 0.25) is 0 Å². The molecule has 0 radical (unpaired) electrons. The van der Waals surface area contributed by atoms with Crippen LogP contribution in [0.4, 0.5) is 5.69 Å². The third-order valence-corrected chi connectivity index (χ3v) is 4.83. The second kappa shape index (κ2) is 6.64. The number of benzene rings is 1. The number of sulfonamides is 1. The third-order valence-electron chi connectivity index (χ3n) is 3.24. The van der Waals surface area contributed by atoms with Crippen LogP contribution in [-0.4, -0.2) is 45.3 Å². The highest BCUT2D eigenvalue weighted by molar-refractivity contribution is 7.89. The molecule has 7 nitrogen and oxygen atoms in total. The lowest BCUT2D eigenvalue weighted by Crippen LogP contribution is -2.35. The SMILES string of the molecule is COC[C@H](C)NS(=O)(=O)c1ccc(NC2CC2)c(C(=O)O)c1. The van der Waals surface area contributed by atoms with Crippen LogP contribution in [0.3, 0.4) is 0 Å². The Balaban J connectivity index is 2.26. The first-order valence-electron chi connectivity index (χ1n) is 6.98. The maximum absolute atomic E-state index is 12.3. The predicted octanol–water partition coefficient (Wildman–Crippen LogP) is 1.27. The van der Waals surface area contributed by atoms with E-state index in [1.54, 1.807) is 6.92 Å². The molecule has 1 aliphatic carbocycles. The normalized spacial score (nSPS) is 16.3. The number of carboxylic acid groups (broad SMARTS) is 1. The minimum Gasteiger partial charge on any atom is -0.478 e. The molecule has 1 atom stereocenters. The Morgan fingerprint density at radius 3 is 2.68 bits per heavy atom. The van der Waals surface area contributed by atoms with Gasteiger partial charge in [-0.2, -0.15) is 0 Å². The van der Waals surface area contributed by atoms with E-state index < -0.39 is 22.0 Å². The first-order valence-corrected chi connectivity index (χ1v) is 8.47. The number of ether oxygens (including phenoxy) is 1. The van der Waals surface area contributed by atoms with E-state index in [2.05, 4.69) is 10.0 Å². The molecule has 122 valence electrons. The van der Waals surface area contributed by atoms with Crippen molar-refractivity contribution in [1.29, 1.82) is 0 Å². The molecule has 8 heteroatoms. The summed E-state index contributed by atoms with van der Waals surface area (Å²) in [5, 5.41) is 12.4. The number of hydrogen-bond donors (Lipinski definition) is 3. The molecule has 1 saturated carbocycles. The predicted molar refractivity (Wildman–Crippen MR) is 81.7 cm³/mol. The van der Waals surface area contributed by atoms with Gasteiger partial charge in [-0.15, -0.1) is 0 Å². The van der Waals surface area contributed by atoms with Crippen molar-refractivity contribution >= 4 is 21.7 Å². The van der Waals surface area contributed by atoms with Crippen LogP contribution in [0.25, 0.3) is 0 Å². The van der Waals surface area contributed by atoms with E-state index in [1.807, 2.05) is 0 Å². The van der Waals surface area contributed by atoms with Gasteiger partial charge in [-0.05, 0) is 38.0 Å². The molecule has 1 aromatic carbocycles. The Labute approximate surface area is 129 Å². The van der Waals surface area contributed by atoms with Gasteiger partial charge in [-0.25, -0.2) is 17.9 Å². The van der Waals surface area contributed by atoms with Crippen molar-refractivity contribution in [1.82, 2.24) is 4.72 Å². The maximum Gasteiger partial charge on any atom is 0.337 e. The first kappa shape index (κ1) is 16.7. The molecule has 0 amide bonds. The second-order valence-electron chi connectivity index (χ2n) is 5.41. The zero-order chi connectivity index (χ0) is 16.3. The smallest absolute Gasteiger partial charge is 0.337 e. The summed E-state index contributed by atoms with van der Waals surface area (Å²) < 4.78 is 31.8. The molecular weight excluding hydrogens is 308 g/mol. The molecule has 0 spiro atoms. The molecular formula is C14H20N2O5S. The van der Waals surface area contributed by atoms with Gasteiger partial charge in [-0.1, -0.05) is 0 Å². The van der Waals surface area contributed by atoms with Crippen LogP contribution < -0.4 is 10.0 Å². The zero-order valence-electron chi connectivity index (χ0n) is 12.5. The lowest BCUT2D eigenvalue weighted by atomic mass is 10.2. The Morgan fingerprint density at radius 2 is 2.14 bits per heavy atom. The topological polar surface area (TPSA) is 105 Å². The highest BCUT2D eigenvalue weighted by atomic mass is 32.2. The van der Waals surface area contributed by atoms with Gasteiger partial charge < -0.3 is 15.2 Å². The lowest BCUT2D eigenvalue weighted by Gasteiger charge is -2.15. The number of carboxylic acids is 1. The highest BCUT2D eigenvalue weighted by Crippen LogP contribution is 2.28. The molecule has 2 rings (SSSR count). The number of nitrogens with one attached hydrogen (secondary N) is 2. The molecule has 0 unspecified atom stereocenters. The summed E-state index contributed by atoms with van der Waals surface area (Å²) in [6.45, 7) is 1.90. The molecule has 22 heavy (non-hydrogen) atoms. The molecule has 0 bridgehead atoms. The number of aromatic carboxylic acids is 1. The Hall–Kier alpha value is -1.64. The Kier molecular flexibility index (Phi) is 5.05. The van der Waals surface area contributed by atoms with Crippen molar-refractivity contribution in [3.63, 3.8) is 0 Å². The van der Waals surface area contributed by atoms with Crippen molar-refractivity contribution in [2.24, 2.45) is 0 Å². The number of hydrogen-bond acceptors (Lipinski definition) is 5. The fourth-order valence-corrected chi connectivity index (χ4v) is 3.31. The van der Waals surface area contributed by atoms with Gasteiger partial charge >= 0.3 is 5.97 Å². The monoisotopic (exact) mass is 328 g/mol. The Bertz CT molecular complexity index is 655. The summed E-state index contributed by atoms with van der Waals surface area (Å²) in [5.74, 6) is -1.16. The molecule has 1 aliphatic rings. The molecule has 3 N–H and O–H groups in total. The molecule has 0 saturated heterocycles. The summed E-state index contributed by atoms with van der Waals surface area (Å²) in [4.78, 5) is 11.3. The fraction of sp³-hybridized carbons (Fsp3) is 0.500. The van der Waals surface area contributed by atoms with Gasteiger partial charge in [0.05, 0.1) is 17.1 Å². The summed E-state index contributed by atoms with van der Waals surface area (Å²) >= 11 is 0. The van der Waals surface area contributed by atoms with Crippen molar-refractivity contribution in [2.75, 3.05) is 19.0 Å². The van der Waals surface area contributed by atoms with E-state index >= 15 is 0 Å². The van der Waals surface area contributed by atoms with Gasteiger partial charge in [0.1, 0.15) is 0 Å². The van der Waals surface area contributed by atoms with Crippen LogP contribution in [0.15, 0.2) is 23.1 Å². The Morgan fingerprint density at radius 1 is 1.45 bits per heavy atom. The molecule has 0 heterocycles. The lowest BCUT2D eigenvalue weighted by molar-refractivity contribution is 0.0697. The largest absolute Gasteiger partial charge is 0.478 e. The molecule has 0 aromatic heterocycles. The second-order valence-corrected chi connectivity index (χ2v) is 7.12. The molecule has 0 aliphatic heterocycles. The van der Waals surface area contributed by atoms with Crippen molar-refractivity contribution in [3.8, 4) is 0 Å². The van der Waals surface area contributed by atoms with Crippen LogP contribution in [0.5, 0.6) is 0 Å². The number of methoxy groups -OCH3 is 1. The van der Waals surface area contributed by atoms with E-state index in [9.17, 15) is 18.3 Å². The van der Waals surface area contributed by atoms with Crippen LogP contribution in [0, 0.1) is 0 Å². The standard InChI is InChI=1S/C14H20N2O5S/c1-9(8-21-2)16-22(19,20)11-5-6-13(15-10-3-4-10)12(7-11)14(17)18/h5-7,9-10,15-16H,3-4,8H2,1-2H3,(H,17,18)/t9-/m0/s1. The summed E-state index contributed by atoms with van der Waals surface area (Å²) in [5.41, 5.74) is 0.396. The maximum atomic E-state index is 12.3. The first-order chi connectivity index (χ1) is 10.3. The average Bonchev–Trinajstić information content (AvgIpc) is 3.22. The molecule has 1 fully saturated rings. The minimum atomic E-state index is -3.79. The van der Waals surface area contributed by atoms with E-state index in [-0.39, 0.29) is 23.1 Å². The zero-order valence-corrected chi connectivity index (χ0v) is 13.3. The van der Waals surface area contributed by atoms with E-state index in [0.717, 1.165) is 12.8 Å². The highest BCUT2D eigenvalue weighted by Gasteiger charge is 2.25. The molecule has 1 aromatic rings. The van der Waals surface area contributed by atoms with Crippen LogP contribution in [-0.2, 0) is 14.8 Å². The van der Waals surface area contributed by atoms with Crippen molar-refractivity contribution < 1.29 is 23.1 Å². The minimum absolute atomic E-state index is 0.0471. The number of carbonyl (C=O) groups is 1. The number of anilines is 1. The number of rotatable bonds is 8. The third kappa shape index (κ3) is 4.19. The van der Waals surface area contributed by atoms with Crippen molar-refractivity contribution in [3.05, 3.63) is 23.8 Å². The van der Waals surface area contributed by atoms with Gasteiger partial charge in [0.15, 0.2) is 0 Å². The van der Waals surface area contributed by atoms with Gasteiger partial charge in [-0.3, -0.25) is 0 Å². The fourth-order valence-electron chi connectivity index (χ4n) is 2.06. The average molecular weight is 328 g/mol. The quantitative estimate of drug-likeness (QED) is 0.664. The summed E-state index contributed by atoms with van der Waals surface area (Å²) in [6.07, 6.45) is 1.99. The summed E-state index contributed by atoms with van der Waals surface area (Å²) in [7, 11) is -2.31. The van der Waals surface area contributed by atoms with Crippen molar-refractivity contribution in [2.45, 2.75) is 36.7 Å². The van der Waals surface area contributed by atoms with Gasteiger partial charge in [0.2, 0.25) is 10.0 Å².